The summed E-state index contributed by atoms with van der Waals surface area (Å²) < 4.78 is 14.4. The van der Waals surface area contributed by atoms with Gasteiger partial charge in [0.2, 0.25) is 0 Å². The van der Waals surface area contributed by atoms with Gasteiger partial charge in [0.15, 0.2) is 5.67 Å². The third-order valence-corrected chi connectivity index (χ3v) is 3.15. The minimum absolute atomic E-state index is 0.292. The zero-order valence-corrected chi connectivity index (χ0v) is 9.64. The summed E-state index contributed by atoms with van der Waals surface area (Å²) in [5, 5.41) is 0. The Balaban J connectivity index is 4.79. The van der Waals surface area contributed by atoms with Crippen molar-refractivity contribution in [3.8, 4) is 0 Å². The number of amides is 1. The van der Waals surface area contributed by atoms with E-state index in [2.05, 4.69) is 0 Å². The van der Waals surface area contributed by atoms with Crippen LogP contribution in [0.1, 0.15) is 47.0 Å². The number of halogens is 1. The minimum Gasteiger partial charge on any atom is -0.367 e. The number of carbonyl (C=O) groups is 1. The molecule has 0 heterocycles. The topological polar surface area (TPSA) is 43.1 Å². The summed E-state index contributed by atoms with van der Waals surface area (Å²) in [5.41, 5.74) is 3.32. The summed E-state index contributed by atoms with van der Waals surface area (Å²) in [7, 11) is 0. The third-order valence-electron chi connectivity index (χ3n) is 3.15. The summed E-state index contributed by atoms with van der Waals surface area (Å²) in [5.74, 6) is -1.41. The molecule has 3 atom stereocenters. The average Bonchev–Trinajstić information content (AvgIpc) is 2.15. The van der Waals surface area contributed by atoms with Crippen LogP contribution in [0.2, 0.25) is 0 Å². The fourth-order valence-electron chi connectivity index (χ4n) is 1.91. The zero-order valence-electron chi connectivity index (χ0n) is 9.64. The Labute approximate surface area is 86.1 Å². The molecule has 0 aromatic heterocycles. The van der Waals surface area contributed by atoms with Gasteiger partial charge in [-0.2, -0.15) is 0 Å². The lowest BCUT2D eigenvalue weighted by molar-refractivity contribution is -0.137. The van der Waals surface area contributed by atoms with Crippen molar-refractivity contribution < 1.29 is 9.18 Å². The fraction of sp³-hybridized carbons (Fsp3) is 0.909. The van der Waals surface area contributed by atoms with Crippen LogP contribution in [0.3, 0.4) is 0 Å². The van der Waals surface area contributed by atoms with Crippen molar-refractivity contribution in [3.05, 3.63) is 0 Å². The quantitative estimate of drug-likeness (QED) is 0.708. The van der Waals surface area contributed by atoms with Crippen LogP contribution in [-0.4, -0.2) is 11.6 Å². The van der Waals surface area contributed by atoms with Crippen LogP contribution in [-0.2, 0) is 4.79 Å². The van der Waals surface area contributed by atoms with Crippen molar-refractivity contribution in [2.75, 3.05) is 0 Å². The maximum Gasteiger partial charge on any atom is 0.255 e. The Morgan fingerprint density at radius 1 is 1.36 bits per heavy atom. The summed E-state index contributed by atoms with van der Waals surface area (Å²) >= 11 is 0. The fourth-order valence-corrected chi connectivity index (χ4v) is 1.91. The van der Waals surface area contributed by atoms with Crippen LogP contribution in [0.15, 0.2) is 0 Å². The minimum atomic E-state index is -1.84. The van der Waals surface area contributed by atoms with E-state index in [0.29, 0.717) is 12.8 Å². The molecule has 14 heavy (non-hydrogen) atoms. The van der Waals surface area contributed by atoms with Crippen molar-refractivity contribution in [2.45, 2.75) is 52.6 Å². The molecule has 0 aromatic carbocycles. The maximum atomic E-state index is 14.4. The van der Waals surface area contributed by atoms with Gasteiger partial charge in [0.25, 0.3) is 5.91 Å². The lowest BCUT2D eigenvalue weighted by Crippen LogP contribution is -2.50. The SMILES string of the molecule is CCCC(C)C(F)(C(N)=O)C(C)CC. The van der Waals surface area contributed by atoms with Crippen molar-refractivity contribution >= 4 is 5.91 Å². The summed E-state index contributed by atoms with van der Waals surface area (Å²) in [4.78, 5) is 11.2. The Morgan fingerprint density at radius 3 is 2.14 bits per heavy atom. The number of alkyl halides is 1. The van der Waals surface area contributed by atoms with Gasteiger partial charge >= 0.3 is 0 Å². The molecule has 2 nitrogen and oxygen atoms in total. The van der Waals surface area contributed by atoms with Crippen LogP contribution >= 0.6 is 0 Å². The van der Waals surface area contributed by atoms with Gasteiger partial charge in [-0.1, -0.05) is 34.1 Å². The molecule has 0 saturated heterocycles. The number of primary amides is 1. The first-order valence-corrected chi connectivity index (χ1v) is 5.39. The smallest absolute Gasteiger partial charge is 0.255 e. The van der Waals surface area contributed by atoms with Crippen LogP contribution in [0.25, 0.3) is 0 Å². The lowest BCUT2D eigenvalue weighted by Gasteiger charge is -2.33. The molecule has 0 aliphatic rings. The highest BCUT2D eigenvalue weighted by atomic mass is 19.1. The molecule has 0 radical (unpaired) electrons. The standard InChI is InChI=1S/C11H22FNO/c1-5-7-9(4)11(12,10(13)14)8(3)6-2/h8-9H,5-7H2,1-4H3,(H2,13,14). The highest BCUT2D eigenvalue weighted by Gasteiger charge is 2.45. The molecule has 0 bridgehead atoms. The molecule has 0 saturated carbocycles. The molecule has 0 fully saturated rings. The Kier molecular flexibility index (Phi) is 5.09. The van der Waals surface area contributed by atoms with Gasteiger partial charge in [-0.05, 0) is 24.7 Å². The van der Waals surface area contributed by atoms with Crippen LogP contribution in [0.4, 0.5) is 4.39 Å². The highest BCUT2D eigenvalue weighted by molar-refractivity contribution is 5.84. The number of nitrogens with two attached hydrogens (primary N) is 1. The van der Waals surface area contributed by atoms with E-state index < -0.39 is 11.6 Å². The van der Waals surface area contributed by atoms with Crippen LogP contribution < -0.4 is 5.73 Å². The van der Waals surface area contributed by atoms with E-state index in [0.717, 1.165) is 6.42 Å². The summed E-state index contributed by atoms with van der Waals surface area (Å²) in [6.45, 7) is 7.37. The molecule has 0 aliphatic heterocycles. The first kappa shape index (κ1) is 13.4. The van der Waals surface area contributed by atoms with Gasteiger partial charge in [-0.15, -0.1) is 0 Å². The van der Waals surface area contributed by atoms with Gasteiger partial charge in [0, 0.05) is 0 Å². The second kappa shape index (κ2) is 5.32. The first-order valence-electron chi connectivity index (χ1n) is 5.39. The van der Waals surface area contributed by atoms with E-state index in [-0.39, 0.29) is 11.8 Å². The van der Waals surface area contributed by atoms with Gasteiger partial charge in [-0.3, -0.25) is 4.79 Å². The molecule has 0 spiro atoms. The average molecular weight is 203 g/mol. The van der Waals surface area contributed by atoms with E-state index in [4.69, 9.17) is 5.73 Å². The molecule has 3 heteroatoms. The first-order chi connectivity index (χ1) is 6.41. The second-order valence-electron chi connectivity index (χ2n) is 4.13. The summed E-state index contributed by atoms with van der Waals surface area (Å²) in [6.07, 6.45) is 2.20. The van der Waals surface area contributed by atoms with Gasteiger partial charge < -0.3 is 5.73 Å². The predicted molar refractivity (Wildman–Crippen MR) is 56.6 cm³/mol. The van der Waals surface area contributed by atoms with Crippen LogP contribution in [0, 0.1) is 11.8 Å². The van der Waals surface area contributed by atoms with E-state index >= 15 is 0 Å². The molecule has 3 unspecified atom stereocenters. The molecule has 0 aromatic rings. The zero-order chi connectivity index (χ0) is 11.4. The third kappa shape index (κ3) is 2.46. The Morgan fingerprint density at radius 2 is 1.86 bits per heavy atom. The van der Waals surface area contributed by atoms with Gasteiger partial charge in [0.05, 0.1) is 0 Å². The number of carbonyl (C=O) groups excluding carboxylic acids is 1. The Bertz CT molecular complexity index is 196. The maximum absolute atomic E-state index is 14.4. The molecule has 84 valence electrons. The van der Waals surface area contributed by atoms with Crippen molar-refractivity contribution in [1.82, 2.24) is 0 Å². The number of hydrogen-bond acceptors (Lipinski definition) is 1. The van der Waals surface area contributed by atoms with Gasteiger partial charge in [-0.25, -0.2) is 4.39 Å². The Hall–Kier alpha value is -0.600. The normalized spacial score (nSPS) is 19.8. The highest BCUT2D eigenvalue weighted by Crippen LogP contribution is 2.35. The lowest BCUT2D eigenvalue weighted by atomic mass is 9.76. The number of rotatable bonds is 6. The molecule has 1 amide bonds. The summed E-state index contributed by atoms with van der Waals surface area (Å²) in [6, 6.07) is 0. The molecular weight excluding hydrogens is 181 g/mol. The van der Waals surface area contributed by atoms with E-state index in [9.17, 15) is 9.18 Å². The number of hydrogen-bond donors (Lipinski definition) is 1. The molecular formula is C11H22FNO. The van der Waals surface area contributed by atoms with E-state index in [1.807, 2.05) is 13.8 Å². The van der Waals surface area contributed by atoms with Crippen LogP contribution in [0.5, 0.6) is 0 Å². The second-order valence-corrected chi connectivity index (χ2v) is 4.13. The largest absolute Gasteiger partial charge is 0.367 e. The van der Waals surface area contributed by atoms with Crippen molar-refractivity contribution in [1.29, 1.82) is 0 Å². The van der Waals surface area contributed by atoms with Crippen molar-refractivity contribution in [2.24, 2.45) is 17.6 Å². The molecule has 0 rings (SSSR count). The monoisotopic (exact) mass is 203 g/mol. The van der Waals surface area contributed by atoms with Crippen molar-refractivity contribution in [3.63, 3.8) is 0 Å². The van der Waals surface area contributed by atoms with Gasteiger partial charge in [0.1, 0.15) is 0 Å². The molecule has 0 aliphatic carbocycles. The predicted octanol–water partition coefficient (Wildman–Crippen LogP) is 2.66. The van der Waals surface area contributed by atoms with E-state index in [1.165, 1.54) is 0 Å². The molecule has 2 N–H and O–H groups in total. The van der Waals surface area contributed by atoms with E-state index in [1.54, 1.807) is 13.8 Å².